The maximum atomic E-state index is 10.2. The molecule has 4 nitrogen and oxygen atoms in total. The minimum absolute atomic E-state index is 0.358. The van der Waals surface area contributed by atoms with E-state index in [0.717, 1.165) is 31.9 Å². The summed E-state index contributed by atoms with van der Waals surface area (Å²) in [5.74, 6) is 0.827. The van der Waals surface area contributed by atoms with Crippen LogP contribution in [-0.4, -0.2) is 66.9 Å². The van der Waals surface area contributed by atoms with Crippen molar-refractivity contribution in [2.24, 2.45) is 0 Å². The Morgan fingerprint density at radius 1 is 1.10 bits per heavy atom. The van der Waals surface area contributed by atoms with Gasteiger partial charge in [0.2, 0.25) is 0 Å². The van der Waals surface area contributed by atoms with Crippen LogP contribution in [0.5, 0.6) is 5.75 Å². The minimum Gasteiger partial charge on any atom is -0.491 e. The Bertz CT molecular complexity index is 408. The molecule has 0 aromatic heterocycles. The molecular formula is C17H28N2O2. The molecule has 1 unspecified atom stereocenters. The standard InChI is InChI=1S/C17H28N2O2/c1-3-18-9-4-10-19(12-11-18)13-16(20)14-21-17-7-5-15(2)6-8-17/h5-8,16,20H,3-4,9-14H2,1-2H3. The Kier molecular flexibility index (Phi) is 6.49. The van der Waals surface area contributed by atoms with Crippen LogP contribution in [0.1, 0.15) is 18.9 Å². The molecule has 0 radical (unpaired) electrons. The van der Waals surface area contributed by atoms with Crippen molar-refractivity contribution < 1.29 is 9.84 Å². The number of hydrogen-bond donors (Lipinski definition) is 1. The zero-order valence-electron chi connectivity index (χ0n) is 13.3. The summed E-state index contributed by atoms with van der Waals surface area (Å²) >= 11 is 0. The summed E-state index contributed by atoms with van der Waals surface area (Å²) in [7, 11) is 0. The largest absolute Gasteiger partial charge is 0.491 e. The molecule has 0 amide bonds. The molecule has 0 bridgehead atoms. The van der Waals surface area contributed by atoms with Crippen LogP contribution in [-0.2, 0) is 0 Å². The van der Waals surface area contributed by atoms with Crippen LogP contribution in [0, 0.1) is 6.92 Å². The lowest BCUT2D eigenvalue weighted by Gasteiger charge is -2.23. The molecule has 1 aromatic carbocycles. The van der Waals surface area contributed by atoms with Gasteiger partial charge in [0.25, 0.3) is 0 Å². The van der Waals surface area contributed by atoms with Gasteiger partial charge in [-0.2, -0.15) is 0 Å². The van der Waals surface area contributed by atoms with Crippen molar-refractivity contribution in [3.05, 3.63) is 29.8 Å². The van der Waals surface area contributed by atoms with E-state index in [2.05, 4.69) is 23.6 Å². The van der Waals surface area contributed by atoms with Crippen LogP contribution < -0.4 is 4.74 Å². The van der Waals surface area contributed by atoms with Gasteiger partial charge >= 0.3 is 0 Å². The first-order valence-electron chi connectivity index (χ1n) is 7.99. The second kappa shape index (κ2) is 8.37. The normalized spacial score (nSPS) is 19.2. The van der Waals surface area contributed by atoms with Gasteiger partial charge in [-0.1, -0.05) is 24.6 Å². The van der Waals surface area contributed by atoms with Gasteiger partial charge in [0, 0.05) is 19.6 Å². The summed E-state index contributed by atoms with van der Waals surface area (Å²) in [4.78, 5) is 4.81. The smallest absolute Gasteiger partial charge is 0.119 e. The second-order valence-corrected chi connectivity index (χ2v) is 5.87. The number of aliphatic hydroxyl groups excluding tert-OH is 1. The number of aryl methyl sites for hydroxylation is 1. The molecule has 1 fully saturated rings. The summed E-state index contributed by atoms with van der Waals surface area (Å²) in [6, 6.07) is 7.95. The highest BCUT2D eigenvalue weighted by molar-refractivity contribution is 5.26. The van der Waals surface area contributed by atoms with Crippen molar-refractivity contribution in [3.8, 4) is 5.75 Å². The number of likely N-dealkylation sites (N-methyl/N-ethyl adjacent to an activating group) is 1. The first kappa shape index (κ1) is 16.3. The average molecular weight is 292 g/mol. The summed E-state index contributed by atoms with van der Waals surface area (Å²) < 4.78 is 5.65. The monoisotopic (exact) mass is 292 g/mol. The summed E-state index contributed by atoms with van der Waals surface area (Å²) in [6.07, 6.45) is 0.749. The van der Waals surface area contributed by atoms with Crippen molar-refractivity contribution in [1.29, 1.82) is 0 Å². The van der Waals surface area contributed by atoms with E-state index >= 15 is 0 Å². The van der Waals surface area contributed by atoms with Gasteiger partial charge in [-0.3, -0.25) is 4.90 Å². The number of benzene rings is 1. The SMILES string of the molecule is CCN1CCCN(CC(O)COc2ccc(C)cc2)CC1. The highest BCUT2D eigenvalue weighted by atomic mass is 16.5. The van der Waals surface area contributed by atoms with E-state index in [-0.39, 0.29) is 0 Å². The van der Waals surface area contributed by atoms with E-state index in [0.29, 0.717) is 13.2 Å². The quantitative estimate of drug-likeness (QED) is 0.867. The number of hydrogen-bond acceptors (Lipinski definition) is 4. The van der Waals surface area contributed by atoms with Gasteiger partial charge in [0.15, 0.2) is 0 Å². The third-order valence-electron chi connectivity index (χ3n) is 4.06. The number of ether oxygens (including phenoxy) is 1. The summed E-state index contributed by atoms with van der Waals surface area (Å²) in [5, 5.41) is 10.2. The zero-order chi connectivity index (χ0) is 15.1. The Hall–Kier alpha value is -1.10. The molecule has 0 aliphatic carbocycles. The van der Waals surface area contributed by atoms with Crippen LogP contribution in [0.25, 0.3) is 0 Å². The zero-order valence-corrected chi connectivity index (χ0v) is 13.3. The fraction of sp³-hybridized carbons (Fsp3) is 0.647. The van der Waals surface area contributed by atoms with Crippen molar-refractivity contribution in [3.63, 3.8) is 0 Å². The van der Waals surface area contributed by atoms with Crippen LogP contribution in [0.15, 0.2) is 24.3 Å². The third kappa shape index (κ3) is 5.65. The Balaban J connectivity index is 1.71. The molecule has 1 saturated heterocycles. The predicted molar refractivity (Wildman–Crippen MR) is 85.9 cm³/mol. The minimum atomic E-state index is -0.431. The molecule has 4 heteroatoms. The van der Waals surface area contributed by atoms with E-state index in [1.165, 1.54) is 18.5 Å². The van der Waals surface area contributed by atoms with Crippen molar-refractivity contribution in [1.82, 2.24) is 9.80 Å². The fourth-order valence-corrected chi connectivity index (χ4v) is 2.70. The first-order chi connectivity index (χ1) is 10.2. The first-order valence-corrected chi connectivity index (χ1v) is 7.99. The average Bonchev–Trinajstić information content (AvgIpc) is 2.72. The highest BCUT2D eigenvalue weighted by Crippen LogP contribution is 2.12. The Labute approximate surface area is 128 Å². The molecular weight excluding hydrogens is 264 g/mol. The Morgan fingerprint density at radius 3 is 2.48 bits per heavy atom. The molecule has 1 N–H and O–H groups in total. The van der Waals surface area contributed by atoms with Crippen LogP contribution in [0.2, 0.25) is 0 Å². The highest BCUT2D eigenvalue weighted by Gasteiger charge is 2.16. The van der Waals surface area contributed by atoms with E-state index in [1.807, 2.05) is 24.3 Å². The van der Waals surface area contributed by atoms with Crippen LogP contribution in [0.4, 0.5) is 0 Å². The van der Waals surface area contributed by atoms with E-state index < -0.39 is 6.10 Å². The molecule has 1 aliphatic rings. The third-order valence-corrected chi connectivity index (χ3v) is 4.06. The van der Waals surface area contributed by atoms with E-state index in [9.17, 15) is 5.11 Å². The molecule has 21 heavy (non-hydrogen) atoms. The molecule has 1 aromatic rings. The van der Waals surface area contributed by atoms with Crippen molar-refractivity contribution in [2.45, 2.75) is 26.4 Å². The number of β-amino-alcohol motifs (C(OH)–C–C–N with tert-alkyl or cyclic N) is 1. The van der Waals surface area contributed by atoms with Gasteiger partial charge in [-0.05, 0) is 45.1 Å². The van der Waals surface area contributed by atoms with Gasteiger partial charge < -0.3 is 14.7 Å². The van der Waals surface area contributed by atoms with Crippen molar-refractivity contribution >= 4 is 0 Å². The Morgan fingerprint density at radius 2 is 1.76 bits per heavy atom. The molecule has 2 rings (SSSR count). The van der Waals surface area contributed by atoms with Gasteiger partial charge in [-0.25, -0.2) is 0 Å². The van der Waals surface area contributed by atoms with E-state index in [4.69, 9.17) is 4.74 Å². The van der Waals surface area contributed by atoms with Gasteiger partial charge in [0.05, 0.1) is 0 Å². The number of nitrogens with zero attached hydrogens (tertiary/aromatic N) is 2. The lowest BCUT2D eigenvalue weighted by atomic mass is 10.2. The predicted octanol–water partition coefficient (Wildman–Crippen LogP) is 1.76. The molecule has 1 atom stereocenters. The van der Waals surface area contributed by atoms with E-state index in [1.54, 1.807) is 0 Å². The molecule has 1 aliphatic heterocycles. The summed E-state index contributed by atoms with van der Waals surface area (Å²) in [5.41, 5.74) is 1.22. The molecule has 0 saturated carbocycles. The lowest BCUT2D eigenvalue weighted by molar-refractivity contribution is 0.0694. The molecule has 1 heterocycles. The maximum Gasteiger partial charge on any atom is 0.119 e. The summed E-state index contributed by atoms with van der Waals surface area (Å²) in [6.45, 7) is 10.8. The van der Waals surface area contributed by atoms with Gasteiger partial charge in [-0.15, -0.1) is 0 Å². The second-order valence-electron chi connectivity index (χ2n) is 5.87. The topological polar surface area (TPSA) is 35.9 Å². The van der Waals surface area contributed by atoms with Crippen LogP contribution >= 0.6 is 0 Å². The number of rotatable bonds is 6. The molecule has 118 valence electrons. The number of aliphatic hydroxyl groups is 1. The van der Waals surface area contributed by atoms with Crippen molar-refractivity contribution in [2.75, 3.05) is 45.9 Å². The lowest BCUT2D eigenvalue weighted by Crippen LogP contribution is -2.38. The van der Waals surface area contributed by atoms with Crippen LogP contribution in [0.3, 0.4) is 0 Å². The maximum absolute atomic E-state index is 10.2. The molecule has 0 spiro atoms. The van der Waals surface area contributed by atoms with Gasteiger partial charge in [0.1, 0.15) is 18.5 Å². The fourth-order valence-electron chi connectivity index (χ4n) is 2.70.